The van der Waals surface area contributed by atoms with Gasteiger partial charge in [-0.25, -0.2) is 9.10 Å². The smallest absolute Gasteiger partial charge is 0.467 e. The van der Waals surface area contributed by atoms with Crippen molar-refractivity contribution >= 4 is 27.8 Å². The van der Waals surface area contributed by atoms with Crippen molar-refractivity contribution in [2.45, 2.75) is 18.7 Å². The molecule has 178 valence electrons. The SMILES string of the molecule is COC1=NN(c2ccc(CNC(=O)OCc3ccccc3)cc2)CCN1S(=O)(=O)C(F)(F)F. The van der Waals surface area contributed by atoms with Gasteiger partial charge < -0.3 is 14.8 Å². The second-order valence-corrected chi connectivity index (χ2v) is 8.67. The molecule has 0 aromatic heterocycles. The van der Waals surface area contributed by atoms with Crippen molar-refractivity contribution in [3.63, 3.8) is 0 Å². The summed E-state index contributed by atoms with van der Waals surface area (Å²) in [5.41, 5.74) is -3.37. The van der Waals surface area contributed by atoms with Crippen molar-refractivity contribution in [2.75, 3.05) is 25.2 Å². The monoisotopic (exact) mass is 486 g/mol. The summed E-state index contributed by atoms with van der Waals surface area (Å²) < 4.78 is 72.0. The largest absolute Gasteiger partial charge is 0.516 e. The third-order valence-electron chi connectivity index (χ3n) is 4.58. The van der Waals surface area contributed by atoms with Crippen LogP contribution in [0, 0.1) is 0 Å². The van der Waals surface area contributed by atoms with Crippen LogP contribution in [0.5, 0.6) is 0 Å². The number of hydrogen-bond acceptors (Lipinski definition) is 7. The Bertz CT molecular complexity index is 1090. The van der Waals surface area contributed by atoms with Crippen LogP contribution in [-0.4, -0.2) is 50.5 Å². The van der Waals surface area contributed by atoms with E-state index in [0.717, 1.165) is 18.2 Å². The van der Waals surface area contributed by atoms with Gasteiger partial charge in [0, 0.05) is 6.54 Å². The number of hydrogen-bond donors (Lipinski definition) is 1. The summed E-state index contributed by atoms with van der Waals surface area (Å²) in [5.74, 6) is 0. The van der Waals surface area contributed by atoms with Crippen LogP contribution < -0.4 is 10.3 Å². The number of nitrogens with one attached hydrogen (secondary N) is 1. The number of rotatable bonds is 6. The minimum absolute atomic E-state index is 0.0862. The van der Waals surface area contributed by atoms with Gasteiger partial charge in [0.1, 0.15) is 6.61 Å². The molecule has 3 rings (SSSR count). The Kier molecular flexibility index (Phi) is 7.31. The van der Waals surface area contributed by atoms with Crippen molar-refractivity contribution in [3.05, 3.63) is 65.7 Å². The third-order valence-corrected chi connectivity index (χ3v) is 6.09. The number of ether oxygens (including phenoxy) is 2. The minimum atomic E-state index is -5.61. The van der Waals surface area contributed by atoms with Gasteiger partial charge >= 0.3 is 27.6 Å². The van der Waals surface area contributed by atoms with Gasteiger partial charge in [0.2, 0.25) is 0 Å². The highest BCUT2D eigenvalue weighted by molar-refractivity contribution is 7.90. The molecule has 1 amide bonds. The maximum atomic E-state index is 12.9. The predicted molar refractivity (Wildman–Crippen MR) is 113 cm³/mol. The highest BCUT2D eigenvalue weighted by Gasteiger charge is 2.52. The molecule has 0 aliphatic carbocycles. The topological polar surface area (TPSA) is 101 Å². The van der Waals surface area contributed by atoms with Gasteiger partial charge in [-0.3, -0.25) is 5.01 Å². The summed E-state index contributed by atoms with van der Waals surface area (Å²) in [6, 6.07) is 15.2. The van der Waals surface area contributed by atoms with Gasteiger partial charge in [-0.15, -0.1) is 5.10 Å². The fraction of sp³-hybridized carbons (Fsp3) is 0.300. The molecule has 0 radical (unpaired) electrons. The lowest BCUT2D eigenvalue weighted by Crippen LogP contribution is -2.51. The van der Waals surface area contributed by atoms with E-state index in [4.69, 9.17) is 9.47 Å². The Balaban J connectivity index is 1.58. The maximum absolute atomic E-state index is 12.9. The number of amides is 1. The summed E-state index contributed by atoms with van der Waals surface area (Å²) in [5, 5.41) is 7.82. The number of alkyl carbamates (subject to hydrolysis) is 1. The number of halogens is 3. The summed E-state index contributed by atoms with van der Waals surface area (Å²) in [6.45, 7) is -0.282. The van der Waals surface area contributed by atoms with Crippen molar-refractivity contribution in [2.24, 2.45) is 5.10 Å². The quantitative estimate of drug-likeness (QED) is 0.674. The van der Waals surface area contributed by atoms with Crippen LogP contribution in [0.1, 0.15) is 11.1 Å². The van der Waals surface area contributed by atoms with E-state index in [1.54, 1.807) is 24.3 Å². The molecule has 1 heterocycles. The zero-order chi connectivity index (χ0) is 24.1. The molecule has 0 atom stereocenters. The van der Waals surface area contributed by atoms with Crippen molar-refractivity contribution in [3.8, 4) is 0 Å². The van der Waals surface area contributed by atoms with E-state index in [0.29, 0.717) is 5.69 Å². The first-order valence-corrected chi connectivity index (χ1v) is 11.1. The van der Waals surface area contributed by atoms with Gasteiger partial charge in [-0.2, -0.15) is 21.6 Å². The number of sulfonamides is 1. The number of methoxy groups -OCH3 is 1. The number of hydrazone groups is 1. The summed E-state index contributed by atoms with van der Waals surface area (Å²) in [4.78, 5) is 11.8. The van der Waals surface area contributed by atoms with E-state index in [2.05, 4.69) is 10.4 Å². The van der Waals surface area contributed by atoms with Crippen LogP contribution in [0.3, 0.4) is 0 Å². The van der Waals surface area contributed by atoms with Crippen LogP contribution in [0.4, 0.5) is 23.7 Å². The molecule has 13 heteroatoms. The Labute approximate surface area is 188 Å². The predicted octanol–water partition coefficient (Wildman–Crippen LogP) is 3.00. The molecule has 0 saturated heterocycles. The zero-order valence-corrected chi connectivity index (χ0v) is 18.3. The van der Waals surface area contributed by atoms with Gasteiger partial charge in [0.25, 0.3) is 0 Å². The molecule has 2 aromatic carbocycles. The van der Waals surface area contributed by atoms with Crippen molar-refractivity contribution in [1.29, 1.82) is 0 Å². The highest BCUT2D eigenvalue weighted by Crippen LogP contribution is 2.29. The molecule has 9 nitrogen and oxygen atoms in total. The van der Waals surface area contributed by atoms with Gasteiger partial charge in [-0.05, 0) is 23.3 Å². The molecule has 0 bridgehead atoms. The number of carbonyl (C=O) groups is 1. The number of amidine groups is 1. The van der Waals surface area contributed by atoms with E-state index >= 15 is 0 Å². The van der Waals surface area contributed by atoms with Gasteiger partial charge in [0.05, 0.1) is 25.9 Å². The zero-order valence-electron chi connectivity index (χ0n) is 17.4. The number of anilines is 1. The fourth-order valence-electron chi connectivity index (χ4n) is 2.90. The second kappa shape index (κ2) is 9.98. The average Bonchev–Trinajstić information content (AvgIpc) is 2.81. The van der Waals surface area contributed by atoms with E-state index in [-0.39, 0.29) is 24.0 Å². The van der Waals surface area contributed by atoms with Gasteiger partial charge in [-0.1, -0.05) is 42.5 Å². The molecular weight excluding hydrogens is 465 g/mol. The van der Waals surface area contributed by atoms with E-state index in [1.165, 1.54) is 5.01 Å². The molecule has 0 unspecified atom stereocenters. The normalized spacial score (nSPS) is 14.5. The standard InChI is InChI=1S/C20H21F3N4O5S/c1-31-18-25-26(11-12-27(18)33(29,30)20(21,22)23)17-9-7-15(8-10-17)13-24-19(28)32-14-16-5-3-2-4-6-16/h2-10H,11-14H2,1H3,(H,24,28). The molecule has 33 heavy (non-hydrogen) atoms. The lowest BCUT2D eigenvalue weighted by atomic mass is 10.2. The summed E-state index contributed by atoms with van der Waals surface area (Å²) >= 11 is 0. The van der Waals surface area contributed by atoms with Crippen molar-refractivity contribution in [1.82, 2.24) is 9.62 Å². The molecule has 2 aromatic rings. The summed E-state index contributed by atoms with van der Waals surface area (Å²) in [7, 11) is -4.58. The number of alkyl halides is 3. The molecule has 1 aliphatic rings. The average molecular weight is 486 g/mol. The van der Waals surface area contributed by atoms with Crippen LogP contribution in [0.15, 0.2) is 59.7 Å². The Hall–Kier alpha value is -3.48. The van der Waals surface area contributed by atoms with E-state index in [1.807, 2.05) is 30.3 Å². The van der Waals surface area contributed by atoms with Crippen molar-refractivity contribution < 1.29 is 35.9 Å². The first-order valence-electron chi connectivity index (χ1n) is 9.64. The number of benzene rings is 2. The molecular formula is C20H21F3N4O5S. The first kappa shape index (κ1) is 24.2. The molecule has 1 N–H and O–H groups in total. The second-order valence-electron chi connectivity index (χ2n) is 6.81. The Morgan fingerprint density at radius 3 is 2.33 bits per heavy atom. The van der Waals surface area contributed by atoms with Crippen LogP contribution in [-0.2, 0) is 32.6 Å². The Morgan fingerprint density at radius 1 is 1.06 bits per heavy atom. The van der Waals surface area contributed by atoms with Crippen LogP contribution in [0.25, 0.3) is 0 Å². The maximum Gasteiger partial charge on any atom is 0.516 e. The lowest BCUT2D eigenvalue weighted by molar-refractivity contribution is -0.0477. The molecule has 1 aliphatic heterocycles. The first-order chi connectivity index (χ1) is 15.6. The molecule has 0 saturated carbocycles. The number of nitrogens with zero attached hydrogens (tertiary/aromatic N) is 3. The van der Waals surface area contributed by atoms with E-state index < -0.39 is 34.2 Å². The van der Waals surface area contributed by atoms with Crippen LogP contribution >= 0.6 is 0 Å². The lowest BCUT2D eigenvalue weighted by Gasteiger charge is -2.32. The molecule has 0 spiro atoms. The highest BCUT2D eigenvalue weighted by atomic mass is 32.2. The Morgan fingerprint density at radius 2 is 1.73 bits per heavy atom. The molecule has 0 fully saturated rings. The third kappa shape index (κ3) is 5.86. The number of carbonyl (C=O) groups excluding carboxylic acids is 1. The van der Waals surface area contributed by atoms with Crippen LogP contribution in [0.2, 0.25) is 0 Å². The summed E-state index contributed by atoms with van der Waals surface area (Å²) in [6.07, 6.45) is -0.584. The van der Waals surface area contributed by atoms with E-state index in [9.17, 15) is 26.4 Å². The minimum Gasteiger partial charge on any atom is -0.467 e. The van der Waals surface area contributed by atoms with Gasteiger partial charge in [0.15, 0.2) is 0 Å². The fourth-order valence-corrected chi connectivity index (χ4v) is 3.78.